The summed E-state index contributed by atoms with van der Waals surface area (Å²) in [4.78, 5) is 22.2. The lowest BCUT2D eigenvalue weighted by Gasteiger charge is -2.16. The van der Waals surface area contributed by atoms with E-state index in [1.807, 2.05) is 0 Å². The van der Waals surface area contributed by atoms with E-state index in [1.54, 1.807) is 0 Å². The fourth-order valence-corrected chi connectivity index (χ4v) is 1.90. The van der Waals surface area contributed by atoms with Gasteiger partial charge in [0.1, 0.15) is 6.10 Å². The van der Waals surface area contributed by atoms with Gasteiger partial charge in [-0.3, -0.25) is 10.1 Å². The molecule has 0 saturated carbocycles. The minimum atomic E-state index is -0.833. The van der Waals surface area contributed by atoms with Crippen molar-refractivity contribution in [3.05, 3.63) is 27.8 Å². The molecule has 0 aliphatic carbocycles. The number of ether oxygens (including phenoxy) is 3. The Morgan fingerprint density at radius 1 is 1.36 bits per heavy atom. The van der Waals surface area contributed by atoms with E-state index in [4.69, 9.17) is 14.2 Å². The normalized spacial score (nSPS) is 11.5. The Kier molecular flexibility index (Phi) is 6.77. The van der Waals surface area contributed by atoms with Crippen molar-refractivity contribution in [2.24, 2.45) is 0 Å². The second-order valence-electron chi connectivity index (χ2n) is 4.22. The standard InChI is InChI=1S/C13H18N2O6S/c1-8(21-13(16)14-4-5-22)9-6-11(19-2)12(20-3)7-10(9)15(17)18/h6-8,22H,4-5H2,1-3H3,(H,14,16). The van der Waals surface area contributed by atoms with E-state index in [1.165, 1.54) is 33.3 Å². The number of carbonyl (C=O) groups is 1. The minimum absolute atomic E-state index is 0.212. The molecule has 0 saturated heterocycles. The van der Waals surface area contributed by atoms with Crippen LogP contribution in [0.2, 0.25) is 0 Å². The van der Waals surface area contributed by atoms with Gasteiger partial charge in [0.05, 0.1) is 30.8 Å². The number of hydrogen-bond donors (Lipinski definition) is 2. The van der Waals surface area contributed by atoms with Crippen LogP contribution in [0.25, 0.3) is 0 Å². The van der Waals surface area contributed by atoms with Crippen molar-refractivity contribution in [1.82, 2.24) is 5.32 Å². The van der Waals surface area contributed by atoms with Crippen LogP contribution in [0.3, 0.4) is 0 Å². The lowest BCUT2D eigenvalue weighted by molar-refractivity contribution is -0.386. The van der Waals surface area contributed by atoms with Gasteiger partial charge in [-0.2, -0.15) is 12.6 Å². The average Bonchev–Trinajstić information content (AvgIpc) is 2.51. The zero-order chi connectivity index (χ0) is 16.7. The fourth-order valence-electron chi connectivity index (χ4n) is 1.79. The number of carbonyl (C=O) groups excluding carboxylic acids is 1. The van der Waals surface area contributed by atoms with Gasteiger partial charge in [0, 0.05) is 12.3 Å². The van der Waals surface area contributed by atoms with Gasteiger partial charge in [0.15, 0.2) is 11.5 Å². The maximum atomic E-state index is 11.6. The molecule has 0 spiro atoms. The van der Waals surface area contributed by atoms with Gasteiger partial charge in [0.25, 0.3) is 5.69 Å². The Morgan fingerprint density at radius 2 is 1.95 bits per heavy atom. The van der Waals surface area contributed by atoms with E-state index >= 15 is 0 Å². The highest BCUT2D eigenvalue weighted by atomic mass is 32.1. The third-order valence-corrected chi connectivity index (χ3v) is 3.06. The van der Waals surface area contributed by atoms with Crippen LogP contribution in [0, 0.1) is 10.1 Å². The summed E-state index contributed by atoms with van der Waals surface area (Å²) in [6.07, 6.45) is -1.51. The number of hydrogen-bond acceptors (Lipinski definition) is 7. The predicted octanol–water partition coefficient (Wildman–Crippen LogP) is 2.33. The van der Waals surface area contributed by atoms with Gasteiger partial charge in [-0.25, -0.2) is 4.79 Å². The lowest BCUT2D eigenvalue weighted by Crippen LogP contribution is -2.27. The quantitative estimate of drug-likeness (QED) is 0.452. The first-order valence-corrected chi connectivity index (χ1v) is 7.03. The minimum Gasteiger partial charge on any atom is -0.493 e. The molecule has 1 aromatic rings. The van der Waals surface area contributed by atoms with Gasteiger partial charge < -0.3 is 19.5 Å². The van der Waals surface area contributed by atoms with E-state index in [0.717, 1.165) is 0 Å². The second kappa shape index (κ2) is 8.32. The summed E-state index contributed by atoms with van der Waals surface area (Å²) in [5.74, 6) is 0.999. The highest BCUT2D eigenvalue weighted by Gasteiger charge is 2.25. The molecule has 1 N–H and O–H groups in total. The molecule has 1 unspecified atom stereocenters. The third kappa shape index (κ3) is 4.42. The van der Waals surface area contributed by atoms with Crippen molar-refractivity contribution >= 4 is 24.4 Å². The monoisotopic (exact) mass is 330 g/mol. The molecule has 0 fully saturated rings. The number of methoxy groups -OCH3 is 2. The Hall–Kier alpha value is -2.16. The maximum Gasteiger partial charge on any atom is 0.407 e. The Labute approximate surface area is 133 Å². The van der Waals surface area contributed by atoms with Crippen LogP contribution in [-0.4, -0.2) is 37.5 Å². The van der Waals surface area contributed by atoms with Gasteiger partial charge in [0.2, 0.25) is 0 Å². The molecule has 122 valence electrons. The first-order valence-electron chi connectivity index (χ1n) is 6.40. The van der Waals surface area contributed by atoms with Gasteiger partial charge in [-0.05, 0) is 13.0 Å². The van der Waals surface area contributed by atoms with E-state index in [0.29, 0.717) is 18.0 Å². The number of rotatable bonds is 7. The summed E-state index contributed by atoms with van der Waals surface area (Å²) in [5, 5.41) is 13.7. The molecule has 0 aromatic heterocycles. The number of nitrogens with one attached hydrogen (secondary N) is 1. The first kappa shape index (κ1) is 17.9. The Balaban J connectivity index is 3.10. The largest absolute Gasteiger partial charge is 0.493 e. The van der Waals surface area contributed by atoms with E-state index in [9.17, 15) is 14.9 Å². The molecule has 0 aliphatic heterocycles. The molecule has 0 heterocycles. The summed E-state index contributed by atoms with van der Waals surface area (Å²) < 4.78 is 15.3. The molecule has 0 radical (unpaired) electrons. The number of nitro benzene ring substituents is 1. The molecule has 9 heteroatoms. The summed E-state index contributed by atoms with van der Waals surface area (Å²) in [6, 6.07) is 2.66. The van der Waals surface area contributed by atoms with Crippen molar-refractivity contribution in [2.45, 2.75) is 13.0 Å². The smallest absolute Gasteiger partial charge is 0.407 e. The zero-order valence-electron chi connectivity index (χ0n) is 12.5. The molecular weight excluding hydrogens is 312 g/mol. The molecule has 1 rings (SSSR count). The molecular formula is C13H18N2O6S. The highest BCUT2D eigenvalue weighted by molar-refractivity contribution is 7.80. The van der Waals surface area contributed by atoms with Crippen LogP contribution in [0.15, 0.2) is 12.1 Å². The first-order chi connectivity index (χ1) is 10.4. The molecule has 1 amide bonds. The number of amides is 1. The predicted molar refractivity (Wildman–Crippen MR) is 83.0 cm³/mol. The number of thiol groups is 1. The SMILES string of the molecule is COc1cc(C(C)OC(=O)NCCS)c([N+](=O)[O-])cc1OC. The Morgan fingerprint density at radius 3 is 2.45 bits per heavy atom. The summed E-state index contributed by atoms with van der Waals surface area (Å²) in [6.45, 7) is 1.87. The van der Waals surface area contributed by atoms with E-state index < -0.39 is 17.1 Å². The summed E-state index contributed by atoms with van der Waals surface area (Å²) in [7, 11) is 2.80. The zero-order valence-corrected chi connectivity index (χ0v) is 13.4. The molecule has 22 heavy (non-hydrogen) atoms. The fraction of sp³-hybridized carbons (Fsp3) is 0.462. The number of nitro groups is 1. The van der Waals surface area contributed by atoms with Crippen LogP contribution in [0.1, 0.15) is 18.6 Å². The molecule has 1 atom stereocenters. The molecule has 1 aromatic carbocycles. The van der Waals surface area contributed by atoms with Crippen LogP contribution in [-0.2, 0) is 4.74 Å². The van der Waals surface area contributed by atoms with Crippen molar-refractivity contribution in [3.8, 4) is 11.5 Å². The van der Waals surface area contributed by atoms with Crippen LogP contribution >= 0.6 is 12.6 Å². The highest BCUT2D eigenvalue weighted by Crippen LogP contribution is 2.38. The van der Waals surface area contributed by atoms with Crippen LogP contribution < -0.4 is 14.8 Å². The van der Waals surface area contributed by atoms with Crippen molar-refractivity contribution in [3.63, 3.8) is 0 Å². The average molecular weight is 330 g/mol. The van der Waals surface area contributed by atoms with E-state index in [-0.39, 0.29) is 17.0 Å². The maximum absolute atomic E-state index is 11.6. The molecule has 8 nitrogen and oxygen atoms in total. The Bertz CT molecular complexity index is 552. The number of benzene rings is 1. The second-order valence-corrected chi connectivity index (χ2v) is 4.67. The third-order valence-electron chi connectivity index (χ3n) is 2.83. The lowest BCUT2D eigenvalue weighted by atomic mass is 10.1. The topological polar surface area (TPSA) is 99.9 Å². The number of nitrogens with zero attached hydrogens (tertiary/aromatic N) is 1. The van der Waals surface area contributed by atoms with Crippen LogP contribution in [0.4, 0.5) is 10.5 Å². The van der Waals surface area contributed by atoms with Crippen molar-refractivity contribution < 1.29 is 23.9 Å². The van der Waals surface area contributed by atoms with Gasteiger partial charge in [-0.15, -0.1) is 0 Å². The van der Waals surface area contributed by atoms with Gasteiger partial charge >= 0.3 is 6.09 Å². The molecule has 0 bridgehead atoms. The van der Waals surface area contributed by atoms with Crippen molar-refractivity contribution in [2.75, 3.05) is 26.5 Å². The number of alkyl carbamates (subject to hydrolysis) is 1. The molecule has 0 aliphatic rings. The van der Waals surface area contributed by atoms with Crippen molar-refractivity contribution in [1.29, 1.82) is 0 Å². The summed E-state index contributed by atoms with van der Waals surface area (Å²) >= 11 is 3.96. The van der Waals surface area contributed by atoms with E-state index in [2.05, 4.69) is 17.9 Å². The van der Waals surface area contributed by atoms with Gasteiger partial charge in [-0.1, -0.05) is 0 Å². The van der Waals surface area contributed by atoms with Crippen LogP contribution in [0.5, 0.6) is 11.5 Å². The summed E-state index contributed by atoms with van der Waals surface area (Å²) in [5.41, 5.74) is -0.00387.